The lowest BCUT2D eigenvalue weighted by Crippen LogP contribution is -2.38. The summed E-state index contributed by atoms with van der Waals surface area (Å²) >= 11 is 0. The Balaban J connectivity index is 2.11. The van der Waals surface area contributed by atoms with Crippen LogP contribution in [-0.2, 0) is 9.53 Å². The summed E-state index contributed by atoms with van der Waals surface area (Å²) < 4.78 is 4.69. The van der Waals surface area contributed by atoms with E-state index in [1.807, 2.05) is 0 Å². The number of fused-ring (bicyclic) bond motifs is 1. The number of carbonyl (C=O) groups excluding carboxylic acids is 1. The highest BCUT2D eigenvalue weighted by Crippen LogP contribution is 2.69. The number of esters is 1. The predicted octanol–water partition coefficient (Wildman–Crippen LogP) is -0.0456. The van der Waals surface area contributed by atoms with Crippen LogP contribution in [0.25, 0.3) is 0 Å². The molecular weight excluding hydrogens is 149 g/mol. The number of methoxy groups -OCH3 is 1. The largest absolute Gasteiger partial charge is 0.467 e. The van der Waals surface area contributed by atoms with E-state index in [0.717, 1.165) is 12.7 Å². The molecule has 56 valence electrons. The molecule has 2 rings (SSSR count). The first kappa shape index (κ1) is 6.56. The van der Waals surface area contributed by atoms with Gasteiger partial charge < -0.3 is 4.74 Å². The van der Waals surface area contributed by atoms with E-state index >= 15 is 0 Å². The normalized spacial score (nSPS) is 42.7. The Morgan fingerprint density at radius 3 is 3.00 bits per heavy atom. The second-order valence-corrected chi connectivity index (χ2v) is 5.31. The van der Waals surface area contributed by atoms with Crippen molar-refractivity contribution in [1.82, 2.24) is 5.32 Å². The van der Waals surface area contributed by atoms with Crippen LogP contribution < -0.4 is 5.32 Å². The molecule has 0 radical (unpaired) electrons. The fourth-order valence-corrected chi connectivity index (χ4v) is 4.14. The van der Waals surface area contributed by atoms with Crippen molar-refractivity contribution in [3.8, 4) is 0 Å². The van der Waals surface area contributed by atoms with E-state index in [0.29, 0.717) is 0 Å². The molecule has 0 aliphatic carbocycles. The maximum Gasteiger partial charge on any atom is 0.330 e. The second kappa shape index (κ2) is 1.93. The molecule has 0 aromatic rings. The first-order chi connectivity index (χ1) is 4.79. The molecule has 0 amide bonds. The van der Waals surface area contributed by atoms with Crippen molar-refractivity contribution in [2.75, 3.05) is 26.0 Å². The van der Waals surface area contributed by atoms with Crippen LogP contribution in [0.5, 0.6) is 0 Å². The number of hydrogen-bond acceptors (Lipinski definition) is 3. The summed E-state index contributed by atoms with van der Waals surface area (Å²) in [7, 11) is 1.45. The lowest BCUT2D eigenvalue weighted by molar-refractivity contribution is -0.142. The summed E-state index contributed by atoms with van der Waals surface area (Å²) in [5.41, 5.74) is 0. The molecule has 2 aliphatic heterocycles. The average molecular weight is 159 g/mol. The molecule has 0 aromatic carbocycles. The fourth-order valence-electron chi connectivity index (χ4n) is 1.51. The van der Waals surface area contributed by atoms with Crippen LogP contribution in [0.4, 0.5) is 0 Å². The Morgan fingerprint density at radius 2 is 2.60 bits per heavy atom. The first-order valence-corrected chi connectivity index (χ1v) is 5.09. The van der Waals surface area contributed by atoms with Gasteiger partial charge in [-0.25, -0.2) is 4.79 Å². The van der Waals surface area contributed by atoms with Gasteiger partial charge in [0.1, 0.15) is 5.28 Å². The van der Waals surface area contributed by atoms with Gasteiger partial charge in [-0.2, -0.15) is 0 Å². The van der Waals surface area contributed by atoms with Crippen LogP contribution in [0.15, 0.2) is 0 Å². The SMILES string of the molecule is COC(=O)C12CP1CCN2. The number of rotatable bonds is 1. The van der Waals surface area contributed by atoms with Gasteiger partial charge in [0.25, 0.3) is 0 Å². The lowest BCUT2D eigenvalue weighted by Gasteiger charge is -2.08. The average Bonchev–Trinajstić information content (AvgIpc) is 2.54. The molecule has 1 N–H and O–H groups in total. The van der Waals surface area contributed by atoms with Crippen LogP contribution in [0, 0.1) is 0 Å². The van der Waals surface area contributed by atoms with Crippen LogP contribution in [0.3, 0.4) is 0 Å². The van der Waals surface area contributed by atoms with Crippen LogP contribution in [0.2, 0.25) is 0 Å². The molecule has 0 bridgehead atoms. The smallest absolute Gasteiger partial charge is 0.330 e. The van der Waals surface area contributed by atoms with Crippen molar-refractivity contribution >= 4 is 13.9 Å². The molecule has 0 spiro atoms. The third kappa shape index (κ3) is 0.650. The summed E-state index contributed by atoms with van der Waals surface area (Å²) in [6.45, 7) is 1.00. The zero-order valence-electron chi connectivity index (χ0n) is 5.89. The summed E-state index contributed by atoms with van der Waals surface area (Å²) in [5, 5.41) is 3.04. The van der Waals surface area contributed by atoms with E-state index in [-0.39, 0.29) is 19.2 Å². The van der Waals surface area contributed by atoms with Gasteiger partial charge in [0.2, 0.25) is 0 Å². The zero-order valence-corrected chi connectivity index (χ0v) is 6.78. The summed E-state index contributed by atoms with van der Waals surface area (Å²) in [5.74, 6) is -0.0453. The molecule has 4 heteroatoms. The minimum Gasteiger partial charge on any atom is -0.467 e. The van der Waals surface area contributed by atoms with Gasteiger partial charge in [0, 0.05) is 12.7 Å². The summed E-state index contributed by atoms with van der Waals surface area (Å²) in [6.07, 6.45) is 2.25. The molecule has 2 unspecified atom stereocenters. The monoisotopic (exact) mass is 159 g/mol. The third-order valence-electron chi connectivity index (χ3n) is 2.18. The van der Waals surface area contributed by atoms with Crippen molar-refractivity contribution in [3.05, 3.63) is 0 Å². The second-order valence-electron chi connectivity index (χ2n) is 2.70. The van der Waals surface area contributed by atoms with Gasteiger partial charge in [-0.15, -0.1) is 0 Å². The van der Waals surface area contributed by atoms with Crippen LogP contribution in [-0.4, -0.2) is 37.2 Å². The highest BCUT2D eigenvalue weighted by atomic mass is 31.1. The number of nitrogens with one attached hydrogen (secondary N) is 1. The molecule has 0 aromatic heterocycles. The minimum absolute atomic E-state index is 0.0135. The predicted molar refractivity (Wildman–Crippen MR) is 39.4 cm³/mol. The van der Waals surface area contributed by atoms with E-state index < -0.39 is 0 Å². The van der Waals surface area contributed by atoms with Crippen LogP contribution >= 0.6 is 7.92 Å². The Labute approximate surface area is 60.9 Å². The maximum absolute atomic E-state index is 11.1. The summed E-state index contributed by atoms with van der Waals surface area (Å²) in [6, 6.07) is 0. The van der Waals surface area contributed by atoms with Crippen molar-refractivity contribution in [1.29, 1.82) is 0 Å². The van der Waals surface area contributed by atoms with E-state index in [1.54, 1.807) is 0 Å². The summed E-state index contributed by atoms with van der Waals surface area (Å²) in [4.78, 5) is 11.1. The van der Waals surface area contributed by atoms with E-state index in [2.05, 4.69) is 5.32 Å². The van der Waals surface area contributed by atoms with Crippen molar-refractivity contribution in [2.24, 2.45) is 0 Å². The van der Waals surface area contributed by atoms with Crippen molar-refractivity contribution < 1.29 is 9.53 Å². The quantitative estimate of drug-likeness (QED) is 0.430. The molecule has 10 heavy (non-hydrogen) atoms. The Hall–Kier alpha value is -0.140. The molecule has 2 saturated heterocycles. The number of ether oxygens (including phenoxy) is 1. The fraction of sp³-hybridized carbons (Fsp3) is 0.833. The van der Waals surface area contributed by atoms with Gasteiger partial charge in [-0.3, -0.25) is 5.32 Å². The minimum atomic E-state index is -0.177. The highest BCUT2D eigenvalue weighted by molar-refractivity contribution is 7.69. The van der Waals surface area contributed by atoms with Gasteiger partial charge in [0.15, 0.2) is 0 Å². The van der Waals surface area contributed by atoms with E-state index in [9.17, 15) is 4.79 Å². The van der Waals surface area contributed by atoms with Gasteiger partial charge in [0.05, 0.1) is 7.11 Å². The molecule has 2 heterocycles. The Morgan fingerprint density at radius 1 is 1.80 bits per heavy atom. The number of hydrogen-bond donors (Lipinski definition) is 1. The Bertz CT molecular complexity index is 185. The maximum atomic E-state index is 11.1. The van der Waals surface area contributed by atoms with Gasteiger partial charge >= 0.3 is 5.97 Å². The standard InChI is InChI=1S/C6H10NO2P/c1-9-5(8)6-4-10(6)3-2-7-6/h7H,2-4H2,1H3. The first-order valence-electron chi connectivity index (χ1n) is 3.38. The topological polar surface area (TPSA) is 38.3 Å². The Kier molecular flexibility index (Phi) is 1.26. The molecular formula is C6H10NO2P. The van der Waals surface area contributed by atoms with E-state index in [4.69, 9.17) is 4.74 Å². The third-order valence-corrected chi connectivity index (χ3v) is 4.99. The molecule has 2 aliphatic rings. The molecule has 2 fully saturated rings. The van der Waals surface area contributed by atoms with Crippen molar-refractivity contribution in [2.45, 2.75) is 5.28 Å². The van der Waals surface area contributed by atoms with Gasteiger partial charge in [-0.05, 0) is 6.16 Å². The highest BCUT2D eigenvalue weighted by Gasteiger charge is 2.63. The lowest BCUT2D eigenvalue weighted by atomic mass is 10.3. The molecule has 2 atom stereocenters. The molecule has 3 nitrogen and oxygen atoms in total. The van der Waals surface area contributed by atoms with Crippen molar-refractivity contribution in [3.63, 3.8) is 0 Å². The zero-order chi connectivity index (χ0) is 7.19. The van der Waals surface area contributed by atoms with Crippen LogP contribution in [0.1, 0.15) is 0 Å². The number of carbonyl (C=O) groups is 1. The van der Waals surface area contributed by atoms with Gasteiger partial charge in [-0.1, -0.05) is 7.92 Å². The van der Waals surface area contributed by atoms with E-state index in [1.165, 1.54) is 13.3 Å². The molecule has 0 saturated carbocycles.